The minimum Gasteiger partial charge on any atom is -0.423 e. The van der Waals surface area contributed by atoms with Crippen LogP contribution in [-0.4, -0.2) is 63.3 Å². The summed E-state index contributed by atoms with van der Waals surface area (Å²) in [7, 11) is 4.53. The second kappa shape index (κ2) is 17.6. The molecule has 2 heterocycles. The molecule has 2 aliphatic heterocycles. The highest BCUT2D eigenvalue weighted by atomic mass is 16.8. The summed E-state index contributed by atoms with van der Waals surface area (Å²) in [4.78, 5) is 44.5. The molecule has 0 bridgehead atoms. The number of hydrogen-bond acceptors (Lipinski definition) is 13. The summed E-state index contributed by atoms with van der Waals surface area (Å²) in [6.45, 7) is 9.55. The normalized spacial score (nSPS) is 16.2. The number of rotatable bonds is 5. The van der Waals surface area contributed by atoms with Crippen molar-refractivity contribution in [3.8, 4) is 0 Å². The fourth-order valence-corrected chi connectivity index (χ4v) is 3.20. The Labute approximate surface area is 257 Å². The number of cyclic esters (lactones) is 4. The maximum Gasteiger partial charge on any atom is 0.350 e. The Morgan fingerprint density at radius 2 is 1.09 bits per heavy atom. The van der Waals surface area contributed by atoms with E-state index in [-0.39, 0.29) is 12.0 Å². The van der Waals surface area contributed by atoms with Gasteiger partial charge in [0.15, 0.2) is 5.57 Å². The molecule has 2 aliphatic rings. The Bertz CT molecular complexity index is 1200. The van der Waals surface area contributed by atoms with Gasteiger partial charge in [0.1, 0.15) is 6.42 Å². The van der Waals surface area contributed by atoms with Crippen LogP contribution in [0.4, 0.5) is 11.4 Å². The van der Waals surface area contributed by atoms with Crippen LogP contribution in [-0.2, 0) is 52.3 Å². The summed E-state index contributed by atoms with van der Waals surface area (Å²) in [5.74, 6) is -4.73. The third kappa shape index (κ3) is 14.6. The summed E-state index contributed by atoms with van der Waals surface area (Å²) >= 11 is 0. The molecule has 0 radical (unpaired) electrons. The maximum atomic E-state index is 11.7. The smallest absolute Gasteiger partial charge is 0.350 e. The van der Waals surface area contributed by atoms with E-state index in [0.717, 1.165) is 16.9 Å². The van der Waals surface area contributed by atoms with Crippen molar-refractivity contribution in [3.63, 3.8) is 0 Å². The van der Waals surface area contributed by atoms with Crippen molar-refractivity contribution in [2.75, 3.05) is 32.4 Å². The Morgan fingerprint density at radius 1 is 0.705 bits per heavy atom. The number of hydrogen-bond donors (Lipinski definition) is 2. The number of esters is 4. The van der Waals surface area contributed by atoms with E-state index in [2.05, 4.69) is 29.0 Å². The molecule has 0 atom stereocenters. The number of nitrogens with one attached hydrogen (secondary N) is 1. The van der Waals surface area contributed by atoms with Crippen LogP contribution in [0.3, 0.4) is 0 Å². The summed E-state index contributed by atoms with van der Waals surface area (Å²) in [6.07, 6.45) is 1.02. The fraction of sp³-hybridized carbons (Fsp3) is 0.419. The molecule has 0 aliphatic carbocycles. The molecule has 2 fully saturated rings. The van der Waals surface area contributed by atoms with Crippen LogP contribution >= 0.6 is 0 Å². The van der Waals surface area contributed by atoms with Crippen molar-refractivity contribution in [2.24, 2.45) is 0 Å². The average Bonchev–Trinajstić information content (AvgIpc) is 2.91. The SMILES string of the molecule is CC1(C)OC(=O)CC(=O)O1.COC(OC)OC.Cc1ccc(N)cc1.Cc1ccc(NC=C2C(=O)OC(C)(C)OC2=O)cc1. The summed E-state index contributed by atoms with van der Waals surface area (Å²) in [5.41, 5.74) is 9.24. The number of carbonyl (C=O) groups excluding carboxylic acids is 4. The molecular weight excluding hydrogens is 576 g/mol. The lowest BCUT2D eigenvalue weighted by atomic mass is 10.2. The zero-order chi connectivity index (χ0) is 33.5. The van der Waals surface area contributed by atoms with Crippen molar-refractivity contribution < 1.29 is 52.3 Å². The quantitative estimate of drug-likeness (QED) is 0.123. The number of benzene rings is 2. The van der Waals surface area contributed by atoms with E-state index >= 15 is 0 Å². The van der Waals surface area contributed by atoms with Crippen LogP contribution in [0.25, 0.3) is 0 Å². The molecule has 13 nitrogen and oxygen atoms in total. The van der Waals surface area contributed by atoms with Crippen LogP contribution in [0.2, 0.25) is 0 Å². The van der Waals surface area contributed by atoms with Crippen molar-refractivity contribution in [1.82, 2.24) is 0 Å². The summed E-state index contributed by atoms with van der Waals surface area (Å²) in [5, 5.41) is 2.87. The van der Waals surface area contributed by atoms with Crippen LogP contribution in [0.15, 0.2) is 60.3 Å². The highest BCUT2D eigenvalue weighted by molar-refractivity contribution is 6.15. The van der Waals surface area contributed by atoms with E-state index in [1.807, 2.05) is 62.4 Å². The van der Waals surface area contributed by atoms with Gasteiger partial charge >= 0.3 is 23.9 Å². The van der Waals surface area contributed by atoms with E-state index in [0.29, 0.717) is 0 Å². The van der Waals surface area contributed by atoms with Gasteiger partial charge < -0.3 is 44.2 Å². The predicted octanol–water partition coefficient (Wildman–Crippen LogP) is 4.13. The maximum absolute atomic E-state index is 11.7. The number of nitrogens with two attached hydrogens (primary N) is 1. The first-order chi connectivity index (χ1) is 20.5. The number of carbonyl (C=O) groups is 4. The Hall–Kier alpha value is -4.46. The van der Waals surface area contributed by atoms with Gasteiger partial charge in [0.2, 0.25) is 0 Å². The van der Waals surface area contributed by atoms with Crippen molar-refractivity contribution in [1.29, 1.82) is 0 Å². The standard InChI is InChI=1S/C14H15NO4.C7H9N.C6H8O4.C4H10O3/c1-9-4-6-10(7-5-9)15-8-11-12(16)18-14(2,3)19-13(11)17;1-6-2-4-7(8)5-3-6;1-6(2)9-4(7)3-5(8)10-6;1-5-4(6-2)7-3/h4-8,15H,1-3H3;2-5H,8H2,1H3;3H2,1-2H3;4H,1-3H3. The predicted molar refractivity (Wildman–Crippen MR) is 160 cm³/mol. The molecule has 0 unspecified atom stereocenters. The number of anilines is 2. The molecule has 0 aromatic heterocycles. The van der Waals surface area contributed by atoms with Crippen molar-refractivity contribution >= 4 is 35.3 Å². The monoisotopic (exact) mass is 618 g/mol. The van der Waals surface area contributed by atoms with E-state index in [4.69, 9.17) is 15.2 Å². The Balaban J connectivity index is 0.000000325. The first-order valence-corrected chi connectivity index (χ1v) is 13.3. The lowest BCUT2D eigenvalue weighted by molar-refractivity contribution is -0.252. The zero-order valence-electron chi connectivity index (χ0n) is 26.5. The molecule has 3 N–H and O–H groups in total. The Morgan fingerprint density at radius 3 is 1.43 bits per heavy atom. The van der Waals surface area contributed by atoms with Gasteiger partial charge in [-0.3, -0.25) is 9.59 Å². The molecule has 4 rings (SSSR count). The second-order valence-electron chi connectivity index (χ2n) is 10.2. The van der Waals surface area contributed by atoms with Crippen LogP contribution in [0.1, 0.15) is 45.2 Å². The van der Waals surface area contributed by atoms with Gasteiger partial charge in [-0.05, 0) is 38.1 Å². The van der Waals surface area contributed by atoms with Gasteiger partial charge in [0, 0.05) is 66.6 Å². The topological polar surface area (TPSA) is 171 Å². The van der Waals surface area contributed by atoms with Gasteiger partial charge in [0.05, 0.1) is 0 Å². The summed E-state index contributed by atoms with van der Waals surface area (Å²) < 4.78 is 33.1. The first-order valence-electron chi connectivity index (χ1n) is 13.3. The van der Waals surface area contributed by atoms with Crippen LogP contribution in [0.5, 0.6) is 0 Å². The number of nitrogen functional groups attached to an aromatic ring is 1. The highest BCUT2D eigenvalue weighted by Crippen LogP contribution is 2.23. The number of ether oxygens (including phenoxy) is 7. The molecule has 0 amide bonds. The molecule has 0 saturated carbocycles. The molecule has 44 heavy (non-hydrogen) atoms. The highest BCUT2D eigenvalue weighted by Gasteiger charge is 2.39. The largest absolute Gasteiger partial charge is 0.423 e. The molecular formula is C31H42N2O11. The van der Waals surface area contributed by atoms with Crippen molar-refractivity contribution in [2.45, 2.75) is 66.0 Å². The number of aryl methyl sites for hydroxylation is 2. The average molecular weight is 619 g/mol. The minimum absolute atomic E-state index is 0.153. The van der Waals surface area contributed by atoms with Crippen LogP contribution < -0.4 is 11.1 Å². The number of methoxy groups -OCH3 is 3. The molecule has 2 saturated heterocycles. The molecule has 0 spiro atoms. The van der Waals surface area contributed by atoms with Gasteiger partial charge in [-0.1, -0.05) is 35.4 Å². The molecule has 13 heteroatoms. The van der Waals surface area contributed by atoms with E-state index < -0.39 is 41.9 Å². The minimum atomic E-state index is -1.21. The van der Waals surface area contributed by atoms with E-state index in [1.165, 1.54) is 60.8 Å². The Kier molecular flexibility index (Phi) is 15.0. The molecule has 242 valence electrons. The third-order valence-corrected chi connectivity index (χ3v) is 5.21. The van der Waals surface area contributed by atoms with Gasteiger partial charge in [-0.25, -0.2) is 9.59 Å². The zero-order valence-corrected chi connectivity index (χ0v) is 26.5. The third-order valence-electron chi connectivity index (χ3n) is 5.21. The van der Waals surface area contributed by atoms with Crippen LogP contribution in [0, 0.1) is 13.8 Å². The first kappa shape index (κ1) is 37.6. The second-order valence-corrected chi connectivity index (χ2v) is 10.2. The summed E-state index contributed by atoms with van der Waals surface area (Å²) in [6, 6.07) is 15.3. The van der Waals surface area contributed by atoms with Gasteiger partial charge in [-0.2, -0.15) is 0 Å². The molecule has 2 aromatic rings. The van der Waals surface area contributed by atoms with Crippen molar-refractivity contribution in [3.05, 3.63) is 71.4 Å². The van der Waals surface area contributed by atoms with Gasteiger partial charge in [-0.15, -0.1) is 0 Å². The van der Waals surface area contributed by atoms with E-state index in [9.17, 15) is 19.2 Å². The molecule has 2 aromatic carbocycles. The lowest BCUT2D eigenvalue weighted by Crippen LogP contribution is -2.42. The fourth-order valence-electron chi connectivity index (χ4n) is 3.20. The van der Waals surface area contributed by atoms with E-state index in [1.54, 1.807) is 0 Å². The van der Waals surface area contributed by atoms with Gasteiger partial charge in [0.25, 0.3) is 18.1 Å². The lowest BCUT2D eigenvalue weighted by Gasteiger charge is -2.29.